The number of carbonyl (C=O) groups excluding carboxylic acids is 5. The summed E-state index contributed by atoms with van der Waals surface area (Å²) in [5.74, 6) is 7.75. The van der Waals surface area contributed by atoms with E-state index in [1.165, 1.54) is 4.90 Å². The molecule has 5 aliphatic rings. The van der Waals surface area contributed by atoms with Gasteiger partial charge >= 0.3 is 0 Å². The van der Waals surface area contributed by atoms with Crippen LogP contribution in [0.4, 0.5) is 22.7 Å². The van der Waals surface area contributed by atoms with Crippen LogP contribution in [0, 0.1) is 36.5 Å². The number of anilines is 4. The Labute approximate surface area is 412 Å². The first kappa shape index (κ1) is 48.6. The van der Waals surface area contributed by atoms with E-state index >= 15 is 0 Å². The molecule has 14 nitrogen and oxygen atoms in total. The minimum Gasteiger partial charge on any atom is -0.380 e. The van der Waals surface area contributed by atoms with Crippen LogP contribution in [0.3, 0.4) is 0 Å². The summed E-state index contributed by atoms with van der Waals surface area (Å²) in [6.07, 6.45) is 7.18. The van der Waals surface area contributed by atoms with E-state index in [1.54, 1.807) is 7.05 Å². The van der Waals surface area contributed by atoms with Gasteiger partial charge in [0.05, 0.1) is 23.5 Å². The average Bonchev–Trinajstić information content (AvgIpc) is 3.37. The third-order valence-electron chi connectivity index (χ3n) is 15.6. The fourth-order valence-electron chi connectivity index (χ4n) is 11.1. The van der Waals surface area contributed by atoms with E-state index in [-0.39, 0.29) is 42.0 Å². The maximum atomic E-state index is 13.8. The Morgan fingerprint density at radius 3 is 2.29 bits per heavy atom. The highest BCUT2D eigenvalue weighted by Gasteiger charge is 2.34. The van der Waals surface area contributed by atoms with Gasteiger partial charge in [0.2, 0.25) is 24.1 Å². The van der Waals surface area contributed by atoms with Gasteiger partial charge in [-0.05, 0) is 136 Å². The fraction of sp³-hybridized carbons (Fsp3) is 0.482. The van der Waals surface area contributed by atoms with Crippen LogP contribution in [-0.2, 0) is 19.2 Å². The van der Waals surface area contributed by atoms with Crippen molar-refractivity contribution in [2.24, 2.45) is 17.8 Å². The molecule has 0 saturated carbocycles. The third kappa shape index (κ3) is 11.0. The molecular weight excluding hydrogens is 879 g/mol. The predicted molar refractivity (Wildman–Crippen MR) is 277 cm³/mol. The number of aryl methyl sites for hydroxylation is 1. The first-order chi connectivity index (χ1) is 33.9. The second kappa shape index (κ2) is 21.7. The summed E-state index contributed by atoms with van der Waals surface area (Å²) in [5, 5.41) is 14.7. The average molecular weight is 948 g/mol. The van der Waals surface area contributed by atoms with Gasteiger partial charge in [0, 0.05) is 101 Å². The van der Waals surface area contributed by atoms with E-state index < -0.39 is 6.04 Å². The number of hydrogen-bond donors (Lipinski definition) is 4. The van der Waals surface area contributed by atoms with E-state index in [0.717, 1.165) is 148 Å². The number of imide groups is 1. The molecule has 4 aromatic rings. The number of likely N-dealkylation sites (N-methyl/N-ethyl adjacent to an activating group) is 1. The van der Waals surface area contributed by atoms with E-state index in [1.807, 2.05) is 55.3 Å². The summed E-state index contributed by atoms with van der Waals surface area (Å²) >= 11 is 0. The van der Waals surface area contributed by atoms with Crippen LogP contribution < -0.4 is 36.0 Å². The first-order valence-corrected chi connectivity index (χ1v) is 25.5. The lowest BCUT2D eigenvalue weighted by Crippen LogP contribution is -2.51. The normalized spacial score (nSPS) is 20.2. The summed E-state index contributed by atoms with van der Waals surface area (Å²) < 4.78 is 0. The molecule has 9 rings (SSSR count). The largest absolute Gasteiger partial charge is 0.380 e. The van der Waals surface area contributed by atoms with Crippen LogP contribution in [0.1, 0.15) is 91.4 Å². The molecule has 5 aliphatic heterocycles. The number of piperidine rings is 4. The Bertz CT molecular complexity index is 2650. The zero-order valence-corrected chi connectivity index (χ0v) is 41.3. The minimum absolute atomic E-state index is 0.00527. The molecule has 14 heteroatoms. The van der Waals surface area contributed by atoms with Crippen molar-refractivity contribution in [3.63, 3.8) is 0 Å². The van der Waals surface area contributed by atoms with Crippen molar-refractivity contribution in [3.8, 4) is 11.8 Å². The number of nitrogens with zero attached hydrogens (tertiary/aromatic N) is 5. The van der Waals surface area contributed by atoms with Crippen LogP contribution >= 0.6 is 0 Å². The number of nitrogens with one attached hydrogen (secondary N) is 4. The molecule has 70 heavy (non-hydrogen) atoms. The van der Waals surface area contributed by atoms with Gasteiger partial charge in [-0.25, -0.2) is 0 Å². The number of likely N-dealkylation sites (tertiary alicyclic amines) is 2. The lowest BCUT2D eigenvalue weighted by Gasteiger charge is -2.40. The fourth-order valence-corrected chi connectivity index (χ4v) is 11.1. The molecule has 368 valence electrons. The van der Waals surface area contributed by atoms with Crippen molar-refractivity contribution in [1.29, 1.82) is 0 Å². The zero-order valence-electron chi connectivity index (χ0n) is 41.3. The molecule has 5 saturated heterocycles. The number of benzene rings is 4. The summed E-state index contributed by atoms with van der Waals surface area (Å²) in [6, 6.07) is 24.3. The van der Waals surface area contributed by atoms with Gasteiger partial charge in [0.15, 0.2) is 0 Å². The Morgan fingerprint density at radius 2 is 1.59 bits per heavy atom. The molecule has 0 radical (unpaired) electrons. The van der Waals surface area contributed by atoms with Crippen LogP contribution in [-0.4, -0.2) is 125 Å². The predicted octanol–water partition coefficient (Wildman–Crippen LogP) is 6.08. The summed E-state index contributed by atoms with van der Waals surface area (Å²) in [7, 11) is 3.52. The zero-order chi connectivity index (χ0) is 48.9. The Balaban J connectivity index is 0.723. The Hall–Kier alpha value is -6.43. The molecule has 0 aliphatic carbocycles. The highest BCUT2D eigenvalue weighted by molar-refractivity contribution is 6.02. The quantitative estimate of drug-likeness (QED) is 0.0707. The summed E-state index contributed by atoms with van der Waals surface area (Å²) in [6.45, 7) is 12.2. The van der Waals surface area contributed by atoms with Crippen molar-refractivity contribution in [2.45, 2.75) is 83.3 Å². The second-order valence-corrected chi connectivity index (χ2v) is 20.3. The lowest BCUT2D eigenvalue weighted by atomic mass is 9.90. The van der Waals surface area contributed by atoms with Crippen LogP contribution in [0.15, 0.2) is 72.8 Å². The Morgan fingerprint density at radius 1 is 0.843 bits per heavy atom. The number of hydrogen-bond acceptors (Lipinski definition) is 10. The lowest BCUT2D eigenvalue weighted by molar-refractivity contribution is -0.138. The number of amides is 5. The van der Waals surface area contributed by atoms with Crippen molar-refractivity contribution in [2.75, 3.05) is 93.0 Å². The molecule has 5 fully saturated rings. The first-order valence-electron chi connectivity index (χ1n) is 25.5. The van der Waals surface area contributed by atoms with Gasteiger partial charge in [0.25, 0.3) is 5.91 Å². The minimum atomic E-state index is -0.506. The maximum Gasteiger partial charge on any atom is 0.252 e. The molecule has 0 spiro atoms. The van der Waals surface area contributed by atoms with Crippen molar-refractivity contribution in [1.82, 2.24) is 25.8 Å². The van der Waals surface area contributed by atoms with Gasteiger partial charge < -0.3 is 40.4 Å². The van der Waals surface area contributed by atoms with E-state index in [4.69, 9.17) is 0 Å². The molecular formula is C56H69N9O5. The molecule has 0 bridgehead atoms. The highest BCUT2D eigenvalue weighted by Crippen LogP contribution is 2.36. The van der Waals surface area contributed by atoms with Crippen molar-refractivity contribution >= 4 is 63.6 Å². The van der Waals surface area contributed by atoms with Gasteiger partial charge in [-0.1, -0.05) is 48.2 Å². The van der Waals surface area contributed by atoms with E-state index in [2.05, 4.69) is 91.1 Å². The smallest absolute Gasteiger partial charge is 0.252 e. The molecule has 4 aromatic carbocycles. The molecule has 0 aromatic heterocycles. The standard InChI is InChI=1S/C56H69N9O5/c1-37-9-13-43(59-44-33-57-34-44)31-49(37)54(68)58-38(2)46-15-12-41(47-7-5-6-8-48(46)47)11-10-39-19-25-63(26-20-39)35-40-21-27-65(28-22-40)56(70)42-23-29-64(30-24-42)45-14-16-50(52(32-45)61(3)36-66)62(4)51-17-18-53(67)60-55(51)69/h5-9,12-16,31-32,36,38-40,42,44,51,57,59H,17-30,33-35H2,1-4H3,(H,58,68)(H,60,67,69). The molecule has 2 unspecified atom stereocenters. The molecule has 5 heterocycles. The SMILES string of the molecule is Cc1ccc(NC2CNC2)cc1C(=O)NC(C)c1ccc(C#CC2CCN(CC3CCN(C(=O)C4CCN(c5ccc(N(C)C6CCC(=O)NC6=O)c(N(C)C=O)c5)CC4)CC3)CC2)c2ccccc12. The summed E-state index contributed by atoms with van der Waals surface area (Å²) in [5.41, 5.74) is 7.10. The van der Waals surface area contributed by atoms with Crippen LogP contribution in [0.25, 0.3) is 10.8 Å². The van der Waals surface area contributed by atoms with Gasteiger partial charge in [-0.15, -0.1) is 0 Å². The summed E-state index contributed by atoms with van der Waals surface area (Å²) in [4.78, 5) is 74.1. The maximum absolute atomic E-state index is 13.8. The van der Waals surface area contributed by atoms with Gasteiger partial charge in [-0.3, -0.25) is 29.3 Å². The van der Waals surface area contributed by atoms with Crippen LogP contribution in [0.5, 0.6) is 0 Å². The Kier molecular flexibility index (Phi) is 15.1. The number of rotatable bonds is 13. The van der Waals surface area contributed by atoms with E-state index in [0.29, 0.717) is 35.5 Å². The topological polar surface area (TPSA) is 150 Å². The number of carbonyl (C=O) groups is 5. The molecule has 5 amide bonds. The molecule has 4 N–H and O–H groups in total. The second-order valence-electron chi connectivity index (χ2n) is 20.3. The van der Waals surface area contributed by atoms with Crippen molar-refractivity contribution in [3.05, 3.63) is 95.1 Å². The van der Waals surface area contributed by atoms with Crippen LogP contribution in [0.2, 0.25) is 0 Å². The third-order valence-corrected chi connectivity index (χ3v) is 15.6. The van der Waals surface area contributed by atoms with Gasteiger partial charge in [0.1, 0.15) is 6.04 Å². The van der Waals surface area contributed by atoms with Crippen molar-refractivity contribution < 1.29 is 24.0 Å². The monoisotopic (exact) mass is 948 g/mol. The highest BCUT2D eigenvalue weighted by atomic mass is 16.2. The van der Waals surface area contributed by atoms with E-state index in [9.17, 15) is 24.0 Å². The molecule has 2 atom stereocenters. The number of fused-ring (bicyclic) bond motifs is 1. The van der Waals surface area contributed by atoms with Gasteiger partial charge in [-0.2, -0.15) is 0 Å².